The molecule has 3 nitrogen and oxygen atoms in total. The molecule has 4 heteroatoms. The average Bonchev–Trinajstić information content (AvgIpc) is 1.88. The van der Waals surface area contributed by atoms with Crippen molar-refractivity contribution in [3.8, 4) is 5.75 Å². The Bertz CT molecular complexity index is 260. The van der Waals surface area contributed by atoms with Crippen molar-refractivity contribution in [1.29, 1.82) is 0 Å². The van der Waals surface area contributed by atoms with Gasteiger partial charge < -0.3 is 10.2 Å². The number of hydrogen-bond donors (Lipinski definition) is 1. The standard InChI is InChI=1S/C7H6O3.Pb/c8-6-4-2-1-3-5(6)7(9)10;/h1-4,8H,(H,9,10);/q;+2/p-1. The molecular weight excluding hydrogens is 339 g/mol. The predicted molar refractivity (Wildman–Crippen MR) is 38.6 cm³/mol. The second-order valence-corrected chi connectivity index (χ2v) is 1.80. The van der Waals surface area contributed by atoms with E-state index in [4.69, 9.17) is 5.11 Å². The fourth-order valence-electron chi connectivity index (χ4n) is 0.643. The van der Waals surface area contributed by atoms with Crippen LogP contribution in [0.1, 0.15) is 10.4 Å². The third kappa shape index (κ3) is 2.49. The van der Waals surface area contributed by atoms with Crippen LogP contribution < -0.4 is 5.11 Å². The minimum Gasteiger partial charge on any atom is -0.872 e. The second-order valence-electron chi connectivity index (χ2n) is 1.80. The molecule has 2 radical (unpaired) electrons. The van der Waals surface area contributed by atoms with E-state index in [0.717, 1.165) is 0 Å². The Morgan fingerprint density at radius 3 is 2.27 bits per heavy atom. The molecule has 0 atom stereocenters. The monoisotopic (exact) mass is 345 g/mol. The number of carboxylic acid groups (broad SMARTS) is 1. The van der Waals surface area contributed by atoms with Crippen LogP contribution in [0.3, 0.4) is 0 Å². The first-order chi connectivity index (χ1) is 4.72. The van der Waals surface area contributed by atoms with Crippen LogP contribution in [0.5, 0.6) is 5.75 Å². The van der Waals surface area contributed by atoms with Crippen molar-refractivity contribution >= 4 is 33.3 Å². The first kappa shape index (κ1) is 10.4. The zero-order chi connectivity index (χ0) is 7.56. The van der Waals surface area contributed by atoms with Crippen molar-refractivity contribution in [2.45, 2.75) is 0 Å². The molecule has 0 aliphatic rings. The summed E-state index contributed by atoms with van der Waals surface area (Å²) in [4.78, 5) is 10.2. The summed E-state index contributed by atoms with van der Waals surface area (Å²) >= 11 is 0. The Morgan fingerprint density at radius 1 is 1.36 bits per heavy atom. The predicted octanol–water partition coefficient (Wildman–Crippen LogP) is 0.0776. The van der Waals surface area contributed by atoms with E-state index in [2.05, 4.69) is 0 Å². The van der Waals surface area contributed by atoms with E-state index < -0.39 is 11.7 Å². The summed E-state index contributed by atoms with van der Waals surface area (Å²) < 4.78 is 0. The van der Waals surface area contributed by atoms with Gasteiger partial charge in [-0.3, -0.25) is 0 Å². The number of rotatable bonds is 1. The van der Waals surface area contributed by atoms with Gasteiger partial charge in [-0.15, -0.1) is 0 Å². The number of carbonyl (C=O) groups is 1. The molecule has 11 heavy (non-hydrogen) atoms. The fourth-order valence-corrected chi connectivity index (χ4v) is 0.643. The molecule has 0 unspecified atom stereocenters. The third-order valence-corrected chi connectivity index (χ3v) is 1.12. The SMILES string of the molecule is O=C(O)c1ccccc1[O-].[Pb+2]. The van der Waals surface area contributed by atoms with E-state index in [1.54, 1.807) is 0 Å². The van der Waals surface area contributed by atoms with Crippen molar-refractivity contribution in [1.82, 2.24) is 0 Å². The quantitative estimate of drug-likeness (QED) is 0.734. The van der Waals surface area contributed by atoms with Gasteiger partial charge >= 0.3 is 33.3 Å². The summed E-state index contributed by atoms with van der Waals surface area (Å²) in [5, 5.41) is 19.0. The number of hydrogen-bond acceptors (Lipinski definition) is 2. The van der Waals surface area contributed by atoms with Crippen LogP contribution in [0.4, 0.5) is 0 Å². The molecule has 0 aliphatic carbocycles. The van der Waals surface area contributed by atoms with Gasteiger partial charge in [-0.05, 0) is 6.07 Å². The van der Waals surface area contributed by atoms with E-state index in [1.807, 2.05) is 0 Å². The topological polar surface area (TPSA) is 60.4 Å². The van der Waals surface area contributed by atoms with Crippen LogP contribution in [0.2, 0.25) is 0 Å². The van der Waals surface area contributed by atoms with E-state index in [9.17, 15) is 9.90 Å². The van der Waals surface area contributed by atoms with E-state index >= 15 is 0 Å². The average molecular weight is 344 g/mol. The van der Waals surface area contributed by atoms with Gasteiger partial charge in [-0.1, -0.05) is 23.9 Å². The summed E-state index contributed by atoms with van der Waals surface area (Å²) in [6.07, 6.45) is 0. The van der Waals surface area contributed by atoms with Crippen LogP contribution in [0.15, 0.2) is 24.3 Å². The first-order valence-electron chi connectivity index (χ1n) is 2.71. The summed E-state index contributed by atoms with van der Waals surface area (Å²) in [5.74, 6) is -1.62. The normalized spacial score (nSPS) is 8.36. The minimum atomic E-state index is -1.18. The Labute approximate surface area is 83.8 Å². The van der Waals surface area contributed by atoms with Crippen molar-refractivity contribution in [2.24, 2.45) is 0 Å². The Morgan fingerprint density at radius 2 is 1.91 bits per heavy atom. The molecule has 1 rings (SSSR count). The van der Waals surface area contributed by atoms with E-state index in [0.29, 0.717) is 0 Å². The minimum absolute atomic E-state index is 0. The van der Waals surface area contributed by atoms with Gasteiger partial charge in [0.2, 0.25) is 0 Å². The maximum atomic E-state index is 10.7. The molecule has 0 bridgehead atoms. The van der Waals surface area contributed by atoms with Gasteiger partial charge in [0, 0.05) is 0 Å². The molecule has 0 saturated heterocycles. The maximum absolute atomic E-state index is 10.7. The molecule has 0 amide bonds. The van der Waals surface area contributed by atoms with Gasteiger partial charge in [0.1, 0.15) is 0 Å². The summed E-state index contributed by atoms with van der Waals surface area (Å²) in [6, 6.07) is 5.54. The molecule has 0 aromatic heterocycles. The second kappa shape index (κ2) is 4.32. The van der Waals surface area contributed by atoms with Gasteiger partial charge in [0.05, 0.1) is 5.56 Å². The fraction of sp³-hybridized carbons (Fsp3) is 0. The van der Waals surface area contributed by atoms with E-state index in [1.165, 1.54) is 24.3 Å². The van der Waals surface area contributed by atoms with Crippen LogP contribution in [0.25, 0.3) is 0 Å². The molecule has 0 heterocycles. The number of carboxylic acids is 1. The molecule has 0 aliphatic heterocycles. The van der Waals surface area contributed by atoms with Crippen molar-refractivity contribution in [2.75, 3.05) is 0 Å². The molecule has 0 fully saturated rings. The smallest absolute Gasteiger partial charge is 0.872 e. The zero-order valence-corrected chi connectivity index (χ0v) is 9.46. The summed E-state index contributed by atoms with van der Waals surface area (Å²) in [5.41, 5.74) is -0.178. The first-order valence-corrected chi connectivity index (χ1v) is 2.71. The number of benzene rings is 1. The maximum Gasteiger partial charge on any atom is 2.00 e. The summed E-state index contributed by atoms with van der Waals surface area (Å²) in [7, 11) is 0. The molecule has 1 aromatic carbocycles. The molecular formula is C7H5O3Pb+. The van der Waals surface area contributed by atoms with Gasteiger partial charge in [0.15, 0.2) is 0 Å². The van der Waals surface area contributed by atoms with Crippen LogP contribution >= 0.6 is 0 Å². The largest absolute Gasteiger partial charge is 2.00 e. The molecule has 54 valence electrons. The Balaban J connectivity index is 0.000001000. The zero-order valence-electron chi connectivity index (χ0n) is 5.57. The van der Waals surface area contributed by atoms with Gasteiger partial charge in [-0.25, -0.2) is 4.79 Å². The van der Waals surface area contributed by atoms with E-state index in [-0.39, 0.29) is 32.9 Å². The molecule has 0 saturated carbocycles. The molecule has 1 N–H and O–H groups in total. The Kier molecular flexibility index (Phi) is 4.09. The van der Waals surface area contributed by atoms with Gasteiger partial charge in [-0.2, -0.15) is 0 Å². The van der Waals surface area contributed by atoms with Crippen molar-refractivity contribution < 1.29 is 15.0 Å². The van der Waals surface area contributed by atoms with Gasteiger partial charge in [0.25, 0.3) is 0 Å². The number of para-hydroxylation sites is 1. The number of aromatic carboxylic acids is 1. The Hall–Kier alpha value is -0.588. The van der Waals surface area contributed by atoms with Crippen LogP contribution in [-0.4, -0.2) is 38.4 Å². The summed E-state index contributed by atoms with van der Waals surface area (Å²) in [6.45, 7) is 0. The molecule has 0 spiro atoms. The third-order valence-electron chi connectivity index (χ3n) is 1.12. The van der Waals surface area contributed by atoms with Crippen LogP contribution in [-0.2, 0) is 0 Å². The van der Waals surface area contributed by atoms with Crippen LogP contribution in [0, 0.1) is 0 Å². The van der Waals surface area contributed by atoms with Crippen molar-refractivity contribution in [3.05, 3.63) is 29.8 Å². The van der Waals surface area contributed by atoms with Crippen molar-refractivity contribution in [3.63, 3.8) is 0 Å². The molecule has 1 aromatic rings.